The van der Waals surface area contributed by atoms with Gasteiger partial charge in [-0.1, -0.05) is 0 Å². The van der Waals surface area contributed by atoms with Crippen LogP contribution in [0.25, 0.3) is 0 Å². The van der Waals surface area contributed by atoms with Gasteiger partial charge in [0.2, 0.25) is 0 Å². The minimum atomic E-state index is -0.249. The number of ether oxygens (including phenoxy) is 1. The second kappa shape index (κ2) is 2.19. The lowest BCUT2D eigenvalue weighted by Gasteiger charge is -2.19. The van der Waals surface area contributed by atoms with E-state index in [0.717, 1.165) is 6.42 Å². The third kappa shape index (κ3) is 0.944. The van der Waals surface area contributed by atoms with Gasteiger partial charge in [0.05, 0.1) is 18.3 Å². The molecule has 4 unspecified atom stereocenters. The second-order valence-electron chi connectivity index (χ2n) is 3.21. The molecule has 2 N–H and O–H groups in total. The van der Waals surface area contributed by atoms with Gasteiger partial charge in [0.25, 0.3) is 0 Å². The maximum atomic E-state index is 9.22. The van der Waals surface area contributed by atoms with Crippen LogP contribution < -0.4 is 0 Å². The van der Waals surface area contributed by atoms with Crippen LogP contribution in [0.15, 0.2) is 0 Å². The van der Waals surface area contributed by atoms with Gasteiger partial charge in [-0.15, -0.1) is 0 Å². The fourth-order valence-corrected chi connectivity index (χ4v) is 1.79. The van der Waals surface area contributed by atoms with Gasteiger partial charge in [0, 0.05) is 18.9 Å². The average molecular weight is 144 g/mol. The largest absolute Gasteiger partial charge is 0.396 e. The topological polar surface area (TPSA) is 53.0 Å². The molecule has 0 bridgehead atoms. The number of hydrogen-bond acceptors (Lipinski definition) is 3. The Hall–Kier alpha value is -0.120. The summed E-state index contributed by atoms with van der Waals surface area (Å²) in [6, 6.07) is 0. The lowest BCUT2D eigenvalue weighted by Crippen LogP contribution is -2.28. The second-order valence-corrected chi connectivity index (χ2v) is 3.21. The van der Waals surface area contributed by atoms with Crippen molar-refractivity contribution in [3.05, 3.63) is 0 Å². The first-order valence-corrected chi connectivity index (χ1v) is 3.75. The molecule has 0 aromatic rings. The number of epoxide rings is 1. The summed E-state index contributed by atoms with van der Waals surface area (Å²) in [5.74, 6) is 0.189. The summed E-state index contributed by atoms with van der Waals surface area (Å²) in [5, 5.41) is 18.0. The zero-order chi connectivity index (χ0) is 7.14. The van der Waals surface area contributed by atoms with E-state index in [1.807, 2.05) is 0 Å². The fraction of sp³-hybridized carbons (Fsp3) is 1.00. The van der Waals surface area contributed by atoms with Gasteiger partial charge in [0.1, 0.15) is 0 Å². The molecule has 2 rings (SSSR count). The van der Waals surface area contributed by atoms with E-state index in [9.17, 15) is 5.11 Å². The van der Waals surface area contributed by atoms with Crippen LogP contribution in [0, 0.1) is 5.92 Å². The van der Waals surface area contributed by atoms with Crippen molar-refractivity contribution in [1.82, 2.24) is 0 Å². The van der Waals surface area contributed by atoms with E-state index < -0.39 is 0 Å². The van der Waals surface area contributed by atoms with Crippen LogP contribution in [0.1, 0.15) is 12.8 Å². The van der Waals surface area contributed by atoms with Crippen LogP contribution in [0.2, 0.25) is 0 Å². The third-order valence-corrected chi connectivity index (χ3v) is 2.40. The van der Waals surface area contributed by atoms with Gasteiger partial charge in [-0.2, -0.15) is 0 Å². The molecule has 3 heteroatoms. The van der Waals surface area contributed by atoms with E-state index in [0.29, 0.717) is 6.42 Å². The molecular formula is C7H12O3. The Balaban J connectivity index is 1.96. The summed E-state index contributed by atoms with van der Waals surface area (Å²) in [6.07, 6.45) is 1.73. The Labute approximate surface area is 59.6 Å². The Bertz CT molecular complexity index is 137. The molecular weight excluding hydrogens is 132 g/mol. The average Bonchev–Trinajstić information content (AvgIpc) is 2.64. The van der Waals surface area contributed by atoms with E-state index in [1.165, 1.54) is 0 Å². The van der Waals surface area contributed by atoms with E-state index in [2.05, 4.69) is 0 Å². The maximum Gasteiger partial charge on any atom is 0.0893 e. The smallest absolute Gasteiger partial charge is 0.0893 e. The molecule has 0 amide bonds. The van der Waals surface area contributed by atoms with Crippen LogP contribution in [-0.2, 0) is 4.74 Å². The number of aliphatic hydroxyl groups is 2. The quantitative estimate of drug-likeness (QED) is 0.488. The third-order valence-electron chi connectivity index (χ3n) is 2.40. The Morgan fingerprint density at radius 1 is 1.40 bits per heavy atom. The van der Waals surface area contributed by atoms with Crippen LogP contribution in [0.3, 0.4) is 0 Å². The minimum Gasteiger partial charge on any atom is -0.396 e. The van der Waals surface area contributed by atoms with Gasteiger partial charge >= 0.3 is 0 Å². The summed E-state index contributed by atoms with van der Waals surface area (Å²) in [6.45, 7) is 0.151. The molecule has 1 saturated heterocycles. The van der Waals surface area contributed by atoms with Gasteiger partial charge in [-0.25, -0.2) is 0 Å². The highest BCUT2D eigenvalue weighted by Crippen LogP contribution is 2.40. The first-order chi connectivity index (χ1) is 4.81. The molecule has 10 heavy (non-hydrogen) atoms. The highest BCUT2D eigenvalue weighted by molar-refractivity contribution is 4.97. The maximum absolute atomic E-state index is 9.22. The predicted molar refractivity (Wildman–Crippen MR) is 34.5 cm³/mol. The molecule has 0 radical (unpaired) electrons. The summed E-state index contributed by atoms with van der Waals surface area (Å²) in [4.78, 5) is 0. The molecule has 0 spiro atoms. The van der Waals surface area contributed by atoms with Crippen molar-refractivity contribution < 1.29 is 14.9 Å². The Kier molecular flexibility index (Phi) is 1.44. The van der Waals surface area contributed by atoms with Gasteiger partial charge in [0.15, 0.2) is 0 Å². The van der Waals surface area contributed by atoms with Crippen molar-refractivity contribution in [1.29, 1.82) is 0 Å². The van der Waals surface area contributed by atoms with Crippen LogP contribution in [0.5, 0.6) is 0 Å². The molecule has 2 fully saturated rings. The van der Waals surface area contributed by atoms with Crippen molar-refractivity contribution >= 4 is 0 Å². The van der Waals surface area contributed by atoms with E-state index in [4.69, 9.17) is 9.84 Å². The van der Waals surface area contributed by atoms with E-state index >= 15 is 0 Å². The summed E-state index contributed by atoms with van der Waals surface area (Å²) in [5.41, 5.74) is 0. The minimum absolute atomic E-state index is 0.151. The standard InChI is InChI=1S/C7H12O3/c8-3-4-1-5(9)2-6-7(4)10-6/h4-9H,1-3H2. The van der Waals surface area contributed by atoms with E-state index in [1.54, 1.807) is 0 Å². The molecule has 1 aliphatic heterocycles. The first-order valence-electron chi connectivity index (χ1n) is 3.75. The van der Waals surface area contributed by atoms with E-state index in [-0.39, 0.29) is 30.8 Å². The summed E-state index contributed by atoms with van der Waals surface area (Å²) in [7, 11) is 0. The zero-order valence-corrected chi connectivity index (χ0v) is 5.73. The molecule has 1 heterocycles. The van der Waals surface area contributed by atoms with Gasteiger partial charge in [-0.05, 0) is 6.42 Å². The van der Waals surface area contributed by atoms with Crippen molar-refractivity contribution in [2.75, 3.05) is 6.61 Å². The fourth-order valence-electron chi connectivity index (χ4n) is 1.79. The lowest BCUT2D eigenvalue weighted by molar-refractivity contribution is 0.0903. The monoisotopic (exact) mass is 144 g/mol. The predicted octanol–water partition coefficient (Wildman–Crippen LogP) is -0.483. The van der Waals surface area contributed by atoms with Crippen LogP contribution in [0.4, 0.5) is 0 Å². The number of aliphatic hydroxyl groups excluding tert-OH is 2. The van der Waals surface area contributed by atoms with Crippen molar-refractivity contribution in [2.24, 2.45) is 5.92 Å². The molecule has 3 nitrogen and oxygen atoms in total. The zero-order valence-electron chi connectivity index (χ0n) is 5.73. The molecule has 0 aromatic carbocycles. The molecule has 58 valence electrons. The highest BCUT2D eigenvalue weighted by Gasteiger charge is 2.49. The lowest BCUT2D eigenvalue weighted by atomic mass is 9.88. The first kappa shape index (κ1) is 6.58. The van der Waals surface area contributed by atoms with Crippen LogP contribution >= 0.6 is 0 Å². The van der Waals surface area contributed by atoms with Crippen molar-refractivity contribution in [2.45, 2.75) is 31.2 Å². The molecule has 2 aliphatic rings. The Morgan fingerprint density at radius 3 is 2.90 bits per heavy atom. The van der Waals surface area contributed by atoms with Crippen LogP contribution in [-0.4, -0.2) is 35.1 Å². The van der Waals surface area contributed by atoms with Gasteiger partial charge < -0.3 is 14.9 Å². The highest BCUT2D eigenvalue weighted by atomic mass is 16.6. The summed E-state index contributed by atoms with van der Waals surface area (Å²) < 4.78 is 5.23. The SMILES string of the molecule is OCC1CC(O)CC2OC12. The van der Waals surface area contributed by atoms with Crippen molar-refractivity contribution in [3.8, 4) is 0 Å². The molecule has 1 aliphatic carbocycles. The molecule has 0 aromatic heterocycles. The number of rotatable bonds is 1. The molecule has 1 saturated carbocycles. The molecule has 4 atom stereocenters. The van der Waals surface area contributed by atoms with Gasteiger partial charge in [-0.3, -0.25) is 0 Å². The van der Waals surface area contributed by atoms with Crippen molar-refractivity contribution in [3.63, 3.8) is 0 Å². The number of fused-ring (bicyclic) bond motifs is 1. The normalized spacial score (nSPS) is 52.2. The number of hydrogen-bond donors (Lipinski definition) is 2. The summed E-state index contributed by atoms with van der Waals surface area (Å²) >= 11 is 0. The Morgan fingerprint density at radius 2 is 2.20 bits per heavy atom.